The Morgan fingerprint density at radius 3 is 1.71 bits per heavy atom. The Morgan fingerprint density at radius 2 is 1.47 bits per heavy atom. The molecule has 0 aliphatic carbocycles. The van der Waals surface area contributed by atoms with Crippen LogP contribution in [0.15, 0.2) is 12.1 Å². The average Bonchev–Trinajstić information content (AvgIpc) is 2.16. The number of carbonyl (C=O) groups excluding carboxylic acids is 1. The van der Waals surface area contributed by atoms with Gasteiger partial charge in [-0.1, -0.05) is 0 Å². The second-order valence-corrected chi connectivity index (χ2v) is 2.94. The Bertz CT molecular complexity index is 466. The van der Waals surface area contributed by atoms with Crippen LogP contribution < -0.4 is 34.7 Å². The molecule has 0 unspecified atom stereocenters. The molecule has 0 aliphatic rings. The van der Waals surface area contributed by atoms with Gasteiger partial charge in [0.1, 0.15) is 5.56 Å². The molecule has 1 aromatic carbocycles. The van der Waals surface area contributed by atoms with Gasteiger partial charge in [-0.15, -0.1) is 0 Å². The maximum absolute atomic E-state index is 10.5. The predicted molar refractivity (Wildman–Crippen MR) is 48.8 cm³/mol. The quantitative estimate of drug-likeness (QED) is 0.322. The molecule has 0 fully saturated rings. The van der Waals surface area contributed by atoms with Crippen molar-refractivity contribution in [3.8, 4) is 0 Å². The monoisotopic (exact) mass is 248 g/mol. The van der Waals surface area contributed by atoms with E-state index in [4.69, 9.17) is 0 Å². The number of carboxylic acids is 1. The van der Waals surface area contributed by atoms with Crippen LogP contribution >= 0.6 is 0 Å². The van der Waals surface area contributed by atoms with E-state index in [0.29, 0.717) is 0 Å². The number of hydrogen-bond donors (Lipinski definition) is 0. The summed E-state index contributed by atoms with van der Waals surface area (Å²) in [6, 6.07) is 1.47. The van der Waals surface area contributed by atoms with Gasteiger partial charge in [0.2, 0.25) is 0 Å². The van der Waals surface area contributed by atoms with Gasteiger partial charge in [-0.3, -0.25) is 20.2 Å². The molecule has 0 aromatic heterocycles. The SMILES string of the molecule is Cc1c([N+](=O)[O-])cc(C(=O)[O-])cc1[N+](=O)[O-].[Na+]. The first kappa shape index (κ1) is 15.5. The molecule has 0 bridgehead atoms. The van der Waals surface area contributed by atoms with Crippen molar-refractivity contribution < 1.29 is 49.3 Å². The van der Waals surface area contributed by atoms with Crippen LogP contribution in [0.4, 0.5) is 11.4 Å². The molecule has 0 radical (unpaired) electrons. The maximum atomic E-state index is 10.5. The van der Waals surface area contributed by atoms with Crippen LogP contribution in [0.1, 0.15) is 15.9 Å². The van der Waals surface area contributed by atoms with Crippen LogP contribution in [-0.2, 0) is 0 Å². The summed E-state index contributed by atoms with van der Waals surface area (Å²) in [6.45, 7) is 1.18. The average molecular weight is 248 g/mol. The van der Waals surface area contributed by atoms with Crippen LogP contribution in [0.3, 0.4) is 0 Å². The summed E-state index contributed by atoms with van der Waals surface area (Å²) in [5.41, 5.74) is -2.02. The Morgan fingerprint density at radius 1 is 1.12 bits per heavy atom. The normalized spacial score (nSPS) is 9.24. The van der Waals surface area contributed by atoms with Crippen molar-refractivity contribution in [2.45, 2.75) is 6.92 Å². The van der Waals surface area contributed by atoms with Crippen LogP contribution in [0.5, 0.6) is 0 Å². The van der Waals surface area contributed by atoms with E-state index in [1.54, 1.807) is 0 Å². The number of nitrogens with zero attached hydrogens (tertiary/aromatic N) is 2. The third kappa shape index (κ3) is 3.22. The minimum atomic E-state index is -1.70. The number of carbonyl (C=O) groups is 1. The number of benzene rings is 1. The van der Waals surface area contributed by atoms with Crippen LogP contribution in [0.2, 0.25) is 0 Å². The van der Waals surface area contributed by atoms with E-state index in [9.17, 15) is 30.1 Å². The molecule has 0 amide bonds. The van der Waals surface area contributed by atoms with Gasteiger partial charge in [0.15, 0.2) is 0 Å². The van der Waals surface area contributed by atoms with Gasteiger partial charge < -0.3 is 9.90 Å². The number of aromatic carboxylic acids is 1. The fraction of sp³-hybridized carbons (Fsp3) is 0.125. The van der Waals surface area contributed by atoms with Crippen molar-refractivity contribution >= 4 is 17.3 Å². The molecule has 9 heteroatoms. The number of carboxylic acid groups (broad SMARTS) is 1. The van der Waals surface area contributed by atoms with Crippen molar-refractivity contribution in [1.82, 2.24) is 0 Å². The molecule has 8 nitrogen and oxygen atoms in total. The molecule has 1 aromatic rings. The second-order valence-electron chi connectivity index (χ2n) is 2.94. The van der Waals surface area contributed by atoms with Gasteiger partial charge in [0.25, 0.3) is 11.4 Å². The molecule has 0 atom stereocenters. The largest absolute Gasteiger partial charge is 1.00 e. The van der Waals surface area contributed by atoms with Gasteiger partial charge >= 0.3 is 29.6 Å². The molecule has 0 aliphatic heterocycles. The van der Waals surface area contributed by atoms with Gasteiger partial charge in [0, 0.05) is 17.7 Å². The van der Waals surface area contributed by atoms with Crippen LogP contribution in [0.25, 0.3) is 0 Å². The fourth-order valence-corrected chi connectivity index (χ4v) is 1.18. The molecule has 17 heavy (non-hydrogen) atoms. The summed E-state index contributed by atoms with van der Waals surface area (Å²) in [5, 5.41) is 31.6. The second kappa shape index (κ2) is 5.71. The Balaban J connectivity index is 0.00000256. The first-order chi connectivity index (χ1) is 7.34. The van der Waals surface area contributed by atoms with Crippen LogP contribution in [-0.4, -0.2) is 15.8 Å². The van der Waals surface area contributed by atoms with Gasteiger partial charge in [-0.05, 0) is 6.92 Å². The third-order valence-corrected chi connectivity index (χ3v) is 1.98. The molecule has 84 valence electrons. The van der Waals surface area contributed by atoms with Gasteiger partial charge in [-0.25, -0.2) is 0 Å². The third-order valence-electron chi connectivity index (χ3n) is 1.98. The summed E-state index contributed by atoms with van der Waals surface area (Å²) >= 11 is 0. The topological polar surface area (TPSA) is 126 Å². The zero-order valence-electron chi connectivity index (χ0n) is 9.00. The first-order valence-electron chi connectivity index (χ1n) is 3.99. The van der Waals surface area contributed by atoms with E-state index >= 15 is 0 Å². The van der Waals surface area contributed by atoms with E-state index in [1.807, 2.05) is 0 Å². The Labute approximate surface area is 117 Å². The molecular formula is C8H5N2NaO6. The van der Waals surface area contributed by atoms with Gasteiger partial charge in [0.05, 0.1) is 15.8 Å². The molecular weight excluding hydrogens is 243 g/mol. The summed E-state index contributed by atoms with van der Waals surface area (Å²) in [7, 11) is 0. The molecule has 0 heterocycles. The molecule has 1 rings (SSSR count). The van der Waals surface area contributed by atoms with Crippen LogP contribution in [0, 0.1) is 27.2 Å². The first-order valence-corrected chi connectivity index (χ1v) is 3.99. The van der Waals surface area contributed by atoms with E-state index in [2.05, 4.69) is 0 Å². The summed E-state index contributed by atoms with van der Waals surface area (Å²) in [4.78, 5) is 29.8. The Hall–Kier alpha value is -1.51. The molecule has 0 N–H and O–H groups in total. The summed E-state index contributed by atoms with van der Waals surface area (Å²) in [6.07, 6.45) is 0. The van der Waals surface area contributed by atoms with Crippen molar-refractivity contribution in [2.24, 2.45) is 0 Å². The molecule has 0 saturated carbocycles. The number of rotatable bonds is 3. The number of hydrogen-bond acceptors (Lipinski definition) is 6. The minimum absolute atomic E-state index is 0. The zero-order valence-corrected chi connectivity index (χ0v) is 11.0. The zero-order chi connectivity index (χ0) is 12.5. The van der Waals surface area contributed by atoms with Crippen molar-refractivity contribution in [1.29, 1.82) is 0 Å². The molecule has 0 spiro atoms. The smallest absolute Gasteiger partial charge is 0.545 e. The fourth-order valence-electron chi connectivity index (χ4n) is 1.18. The minimum Gasteiger partial charge on any atom is -0.545 e. The summed E-state index contributed by atoms with van der Waals surface area (Å²) < 4.78 is 0. The van der Waals surface area contributed by atoms with E-state index in [1.165, 1.54) is 6.92 Å². The predicted octanol–water partition coefficient (Wildman–Crippen LogP) is -2.82. The van der Waals surface area contributed by atoms with Gasteiger partial charge in [-0.2, -0.15) is 0 Å². The number of nitro benzene ring substituents is 2. The number of nitro groups is 2. The van der Waals surface area contributed by atoms with Crippen molar-refractivity contribution in [3.63, 3.8) is 0 Å². The summed E-state index contributed by atoms with van der Waals surface area (Å²) in [5.74, 6) is -1.70. The van der Waals surface area contributed by atoms with E-state index in [-0.39, 0.29) is 35.1 Å². The standard InChI is InChI=1S/C8H6N2O6.Na/c1-4-6(9(13)14)2-5(8(11)12)3-7(4)10(15)16;/h2-3H,1H3,(H,11,12);/q;+1/p-1. The maximum Gasteiger partial charge on any atom is 1.00 e. The van der Waals surface area contributed by atoms with E-state index in [0.717, 1.165) is 12.1 Å². The Kier molecular flexibility index (Phi) is 5.20. The molecule has 0 saturated heterocycles. The van der Waals surface area contributed by atoms with Crippen molar-refractivity contribution in [3.05, 3.63) is 43.5 Å². The van der Waals surface area contributed by atoms with Crippen molar-refractivity contribution in [2.75, 3.05) is 0 Å². The van der Waals surface area contributed by atoms with E-state index < -0.39 is 32.8 Å².